The summed E-state index contributed by atoms with van der Waals surface area (Å²) >= 11 is 0. The second kappa shape index (κ2) is 3.96. The number of nitrogens with zero attached hydrogens (tertiary/aromatic N) is 3. The summed E-state index contributed by atoms with van der Waals surface area (Å²) in [6.45, 7) is 0.704. The van der Waals surface area contributed by atoms with Crippen LogP contribution in [0.4, 0.5) is 0 Å². The predicted molar refractivity (Wildman–Crippen MR) is 51.8 cm³/mol. The van der Waals surface area contributed by atoms with Gasteiger partial charge in [-0.1, -0.05) is 5.21 Å². The van der Waals surface area contributed by atoms with E-state index in [1.54, 1.807) is 10.9 Å². The van der Waals surface area contributed by atoms with Gasteiger partial charge in [-0.05, 0) is 25.8 Å². The van der Waals surface area contributed by atoms with E-state index in [0.717, 1.165) is 12.3 Å². The summed E-state index contributed by atoms with van der Waals surface area (Å²) in [5, 5.41) is 7.59. The van der Waals surface area contributed by atoms with Crippen molar-refractivity contribution in [2.45, 2.75) is 25.4 Å². The highest BCUT2D eigenvalue weighted by Crippen LogP contribution is 2.28. The Morgan fingerprint density at radius 2 is 2.50 bits per heavy atom. The van der Waals surface area contributed by atoms with E-state index in [1.807, 2.05) is 7.05 Å². The van der Waals surface area contributed by atoms with Crippen LogP contribution in [0.1, 0.15) is 19.3 Å². The van der Waals surface area contributed by atoms with E-state index in [2.05, 4.69) is 10.3 Å². The van der Waals surface area contributed by atoms with E-state index in [4.69, 9.17) is 10.5 Å². The first-order chi connectivity index (χ1) is 6.81. The van der Waals surface area contributed by atoms with Crippen molar-refractivity contribution < 1.29 is 4.74 Å². The van der Waals surface area contributed by atoms with E-state index in [-0.39, 0.29) is 6.10 Å². The van der Waals surface area contributed by atoms with E-state index in [1.165, 1.54) is 12.8 Å². The maximum absolute atomic E-state index is 5.81. The highest BCUT2D eigenvalue weighted by atomic mass is 16.5. The zero-order valence-corrected chi connectivity index (χ0v) is 8.39. The van der Waals surface area contributed by atoms with Crippen LogP contribution >= 0.6 is 0 Å². The van der Waals surface area contributed by atoms with Gasteiger partial charge >= 0.3 is 0 Å². The van der Waals surface area contributed by atoms with Crippen molar-refractivity contribution in [1.82, 2.24) is 15.0 Å². The average Bonchev–Trinajstić information content (AvgIpc) is 2.77. The van der Waals surface area contributed by atoms with Crippen LogP contribution in [-0.2, 0) is 7.05 Å². The Morgan fingerprint density at radius 1 is 1.64 bits per heavy atom. The van der Waals surface area contributed by atoms with Crippen LogP contribution in [0.5, 0.6) is 5.88 Å². The summed E-state index contributed by atoms with van der Waals surface area (Å²) in [4.78, 5) is 0. The Kier molecular flexibility index (Phi) is 2.67. The molecule has 2 atom stereocenters. The van der Waals surface area contributed by atoms with Crippen molar-refractivity contribution in [3.05, 3.63) is 6.20 Å². The van der Waals surface area contributed by atoms with Gasteiger partial charge in [-0.2, -0.15) is 0 Å². The molecule has 0 spiro atoms. The van der Waals surface area contributed by atoms with Crippen molar-refractivity contribution >= 4 is 0 Å². The molecule has 2 N–H and O–H groups in total. The summed E-state index contributed by atoms with van der Waals surface area (Å²) in [6.07, 6.45) is 5.36. The minimum absolute atomic E-state index is 0.247. The molecule has 0 bridgehead atoms. The molecule has 5 heteroatoms. The molecule has 1 fully saturated rings. The van der Waals surface area contributed by atoms with Gasteiger partial charge in [0.2, 0.25) is 5.88 Å². The van der Waals surface area contributed by atoms with E-state index in [0.29, 0.717) is 12.5 Å². The summed E-state index contributed by atoms with van der Waals surface area (Å²) < 4.78 is 7.45. The molecule has 78 valence electrons. The molecule has 1 aromatic rings. The molecule has 0 aromatic carbocycles. The fourth-order valence-electron chi connectivity index (χ4n) is 1.97. The highest BCUT2D eigenvalue weighted by Gasteiger charge is 2.28. The molecule has 1 aromatic heterocycles. The molecule has 0 amide bonds. The van der Waals surface area contributed by atoms with Crippen molar-refractivity contribution in [3.8, 4) is 5.88 Å². The molecule has 5 nitrogen and oxygen atoms in total. The first-order valence-corrected chi connectivity index (χ1v) is 5.02. The number of rotatable bonds is 3. The van der Waals surface area contributed by atoms with Gasteiger partial charge in [0.05, 0.1) is 0 Å². The van der Waals surface area contributed by atoms with Crippen molar-refractivity contribution in [1.29, 1.82) is 0 Å². The van der Waals surface area contributed by atoms with Gasteiger partial charge in [-0.15, -0.1) is 5.10 Å². The Hall–Kier alpha value is -1.10. The molecule has 0 radical (unpaired) electrons. The minimum Gasteiger partial charge on any atom is -0.473 e. The third-order valence-corrected chi connectivity index (χ3v) is 2.84. The standard InChI is InChI=1S/C9H16N4O/c1-13-9(6-11-12-13)14-8-4-2-3-7(8)5-10/h6-8H,2-5,10H2,1H3. The van der Waals surface area contributed by atoms with Crippen molar-refractivity contribution in [3.63, 3.8) is 0 Å². The summed E-state index contributed by atoms with van der Waals surface area (Å²) in [6, 6.07) is 0. The van der Waals surface area contributed by atoms with Gasteiger partial charge < -0.3 is 10.5 Å². The van der Waals surface area contributed by atoms with Crippen molar-refractivity contribution in [2.24, 2.45) is 18.7 Å². The number of hydrogen-bond donors (Lipinski definition) is 1. The van der Waals surface area contributed by atoms with E-state index >= 15 is 0 Å². The van der Waals surface area contributed by atoms with Crippen LogP contribution in [0.3, 0.4) is 0 Å². The molecule has 0 aliphatic heterocycles. The third kappa shape index (κ3) is 1.72. The summed E-state index contributed by atoms with van der Waals surface area (Å²) in [5.41, 5.74) is 5.67. The molecule has 1 heterocycles. The maximum atomic E-state index is 5.81. The van der Waals surface area contributed by atoms with Crippen LogP contribution in [-0.4, -0.2) is 27.6 Å². The molecule has 1 aliphatic carbocycles. The van der Waals surface area contributed by atoms with Crippen LogP contribution in [0.2, 0.25) is 0 Å². The van der Waals surface area contributed by atoms with Gasteiger partial charge in [-0.25, -0.2) is 4.68 Å². The Bertz CT molecular complexity index is 299. The Labute approximate surface area is 83.2 Å². The lowest BCUT2D eigenvalue weighted by molar-refractivity contribution is 0.148. The SMILES string of the molecule is Cn1nncc1OC1CCCC1CN. The van der Waals surface area contributed by atoms with E-state index in [9.17, 15) is 0 Å². The first-order valence-electron chi connectivity index (χ1n) is 5.02. The van der Waals surface area contributed by atoms with Crippen molar-refractivity contribution in [2.75, 3.05) is 6.54 Å². The van der Waals surface area contributed by atoms with Crippen LogP contribution in [0, 0.1) is 5.92 Å². The topological polar surface area (TPSA) is 66.0 Å². The molecular formula is C9H16N4O. The average molecular weight is 196 g/mol. The van der Waals surface area contributed by atoms with Gasteiger partial charge in [0.25, 0.3) is 0 Å². The number of nitrogens with two attached hydrogens (primary N) is 1. The quantitative estimate of drug-likeness (QED) is 0.756. The fraction of sp³-hybridized carbons (Fsp3) is 0.778. The maximum Gasteiger partial charge on any atom is 0.232 e. The zero-order valence-electron chi connectivity index (χ0n) is 8.39. The minimum atomic E-state index is 0.247. The Morgan fingerprint density at radius 3 is 3.14 bits per heavy atom. The molecular weight excluding hydrogens is 180 g/mol. The lowest BCUT2D eigenvalue weighted by atomic mass is 10.1. The summed E-state index contributed by atoms with van der Waals surface area (Å²) in [7, 11) is 1.83. The second-order valence-corrected chi connectivity index (χ2v) is 3.78. The molecule has 0 saturated heterocycles. The lowest BCUT2D eigenvalue weighted by Gasteiger charge is -2.18. The number of aryl methyl sites for hydroxylation is 1. The first kappa shape index (κ1) is 9.45. The van der Waals surface area contributed by atoms with Crippen LogP contribution < -0.4 is 10.5 Å². The monoisotopic (exact) mass is 196 g/mol. The number of ether oxygens (including phenoxy) is 1. The highest BCUT2D eigenvalue weighted by molar-refractivity contribution is 5.02. The Balaban J connectivity index is 2.00. The van der Waals surface area contributed by atoms with Gasteiger partial charge in [-0.3, -0.25) is 0 Å². The largest absolute Gasteiger partial charge is 0.473 e. The molecule has 1 saturated carbocycles. The van der Waals surface area contributed by atoms with Gasteiger partial charge in [0.1, 0.15) is 12.3 Å². The smallest absolute Gasteiger partial charge is 0.232 e. The third-order valence-electron chi connectivity index (χ3n) is 2.84. The fourth-order valence-corrected chi connectivity index (χ4v) is 1.97. The molecule has 14 heavy (non-hydrogen) atoms. The van der Waals surface area contributed by atoms with E-state index < -0.39 is 0 Å². The normalized spacial score (nSPS) is 26.7. The lowest BCUT2D eigenvalue weighted by Crippen LogP contribution is -2.28. The zero-order chi connectivity index (χ0) is 9.97. The predicted octanol–water partition coefficient (Wildman–Crippen LogP) is 0.321. The summed E-state index contributed by atoms with van der Waals surface area (Å²) in [5.74, 6) is 1.22. The second-order valence-electron chi connectivity index (χ2n) is 3.78. The molecule has 1 aliphatic rings. The number of hydrogen-bond acceptors (Lipinski definition) is 4. The number of aromatic nitrogens is 3. The molecule has 2 rings (SSSR count). The van der Waals surface area contributed by atoms with Crippen LogP contribution in [0.15, 0.2) is 6.20 Å². The van der Waals surface area contributed by atoms with Gasteiger partial charge in [0, 0.05) is 13.0 Å². The van der Waals surface area contributed by atoms with Gasteiger partial charge in [0.15, 0.2) is 0 Å². The molecule has 2 unspecified atom stereocenters. The van der Waals surface area contributed by atoms with Crippen LogP contribution in [0.25, 0.3) is 0 Å².